The Hall–Kier alpha value is -1.22. The van der Waals surface area contributed by atoms with Crippen LogP contribution in [0.3, 0.4) is 0 Å². The summed E-state index contributed by atoms with van der Waals surface area (Å²) in [6, 6.07) is 6.39. The van der Waals surface area contributed by atoms with Crippen molar-refractivity contribution in [2.45, 2.75) is 182 Å². The summed E-state index contributed by atoms with van der Waals surface area (Å²) >= 11 is 1.60. The van der Waals surface area contributed by atoms with Gasteiger partial charge in [0.2, 0.25) is 0 Å². The van der Waals surface area contributed by atoms with E-state index in [1.807, 2.05) is 39.2 Å². The molecule has 3 rings (SSSR count). The number of nitrogens with zero attached hydrogens (tertiary/aromatic N) is 2. The summed E-state index contributed by atoms with van der Waals surface area (Å²) in [7, 11) is -4.27. The lowest BCUT2D eigenvalue weighted by atomic mass is 9.73. The van der Waals surface area contributed by atoms with Crippen molar-refractivity contribution in [1.82, 2.24) is 9.88 Å². The maximum absolute atomic E-state index is 15.0. The number of Topliss-reactive ketones (excluding diaryl/α,β-unsaturated/α-hetero) is 1. The van der Waals surface area contributed by atoms with E-state index in [0.29, 0.717) is 19.0 Å². The first-order valence-corrected chi connectivity index (χ1v) is 26.1. The summed E-state index contributed by atoms with van der Waals surface area (Å²) in [5.41, 5.74) is 0.896. The molecule has 0 saturated carbocycles. The summed E-state index contributed by atoms with van der Waals surface area (Å²) < 4.78 is 20.9. The number of aliphatic hydroxyl groups excluding tert-OH is 1. The molecular formula is C40H72N2O6SSi2. The Morgan fingerprint density at radius 3 is 2.12 bits per heavy atom. The van der Waals surface area contributed by atoms with Gasteiger partial charge in [-0.25, -0.2) is 4.98 Å². The number of hydrogen-bond acceptors (Lipinski definition) is 9. The normalized spacial score (nSPS) is 30.2. The molecule has 0 bridgehead atoms. The molecule has 3 unspecified atom stereocenters. The number of ether oxygens (including phenoxy) is 1. The number of esters is 1. The lowest BCUT2D eigenvalue weighted by molar-refractivity contribution is -0.153. The Bertz CT molecular complexity index is 1280. The Morgan fingerprint density at radius 2 is 1.59 bits per heavy atom. The van der Waals surface area contributed by atoms with E-state index in [9.17, 15) is 14.7 Å². The molecule has 0 aliphatic carbocycles. The van der Waals surface area contributed by atoms with Crippen LogP contribution in [0.4, 0.5) is 0 Å². The Labute approximate surface area is 316 Å². The third kappa shape index (κ3) is 10.9. The number of aliphatic hydroxyl groups is 1. The number of thiazole rings is 1. The van der Waals surface area contributed by atoms with Gasteiger partial charge < -0.3 is 18.7 Å². The second-order valence-electron chi connectivity index (χ2n) is 16.2. The smallest absolute Gasteiger partial charge is 0.309 e. The molecule has 8 nitrogen and oxygen atoms in total. The summed E-state index contributed by atoms with van der Waals surface area (Å²) in [6.45, 7) is 26.4. The van der Waals surface area contributed by atoms with Crippen molar-refractivity contribution in [2.24, 2.45) is 17.3 Å². The van der Waals surface area contributed by atoms with Gasteiger partial charge in [0.05, 0.1) is 35.9 Å². The number of fused-ring (bicyclic) bond motifs is 1. The molecule has 2 aliphatic heterocycles. The number of carbonyl (C=O) groups is 2. The monoisotopic (exact) mass is 764 g/mol. The molecule has 51 heavy (non-hydrogen) atoms. The molecule has 3 heterocycles. The largest absolute Gasteiger partial charge is 0.458 e. The average Bonchev–Trinajstić information content (AvgIpc) is 3.57. The predicted octanol–water partition coefficient (Wildman–Crippen LogP) is 9.42. The SMILES string of the molecule is CC[Si](CC)(CC)O[C@H]1CC(=O)OC(/C(C)=C/c2csc(C)n2)CC2[C@@H](CCCC(C)[C@H](O[Si](CC)(CC)CC)[C@@H](C)C(=O)C1(C)C)[N@@]2CCO. The van der Waals surface area contributed by atoms with Crippen molar-refractivity contribution in [3.63, 3.8) is 0 Å². The van der Waals surface area contributed by atoms with Crippen LogP contribution >= 0.6 is 11.3 Å². The van der Waals surface area contributed by atoms with Crippen LogP contribution in [0.25, 0.3) is 6.08 Å². The molecular weight excluding hydrogens is 693 g/mol. The van der Waals surface area contributed by atoms with Gasteiger partial charge >= 0.3 is 5.97 Å². The van der Waals surface area contributed by atoms with E-state index in [1.165, 1.54) is 0 Å². The van der Waals surface area contributed by atoms with Crippen LogP contribution in [0, 0.1) is 24.2 Å². The first-order chi connectivity index (χ1) is 24.1. The van der Waals surface area contributed by atoms with Gasteiger partial charge in [-0.05, 0) is 80.5 Å². The van der Waals surface area contributed by atoms with Gasteiger partial charge in [0.25, 0.3) is 0 Å². The molecule has 1 aromatic heterocycles. The molecule has 11 heteroatoms. The lowest BCUT2D eigenvalue weighted by Crippen LogP contribution is -2.53. The number of aryl methyl sites for hydroxylation is 1. The van der Waals surface area contributed by atoms with Gasteiger partial charge in [0.15, 0.2) is 16.6 Å². The van der Waals surface area contributed by atoms with Crippen LogP contribution in [-0.4, -0.2) is 86.9 Å². The van der Waals surface area contributed by atoms with Crippen LogP contribution in [-0.2, 0) is 23.2 Å². The fraction of sp³-hybridized carbons (Fsp3) is 0.825. The molecule has 8 atom stereocenters. The fourth-order valence-corrected chi connectivity index (χ4v) is 15.2. The number of cyclic esters (lactones) is 1. The minimum Gasteiger partial charge on any atom is -0.458 e. The van der Waals surface area contributed by atoms with Gasteiger partial charge in [-0.1, -0.05) is 75.7 Å². The first-order valence-electron chi connectivity index (χ1n) is 20.2. The summed E-state index contributed by atoms with van der Waals surface area (Å²) in [5.74, 6) is -0.362. The van der Waals surface area contributed by atoms with Crippen molar-refractivity contribution in [1.29, 1.82) is 0 Å². The minimum absolute atomic E-state index is 0.0207. The van der Waals surface area contributed by atoms with Crippen LogP contribution in [0.5, 0.6) is 0 Å². The van der Waals surface area contributed by atoms with Crippen molar-refractivity contribution in [3.8, 4) is 0 Å². The maximum atomic E-state index is 15.0. The molecule has 2 saturated heterocycles. The van der Waals surface area contributed by atoms with E-state index < -0.39 is 34.3 Å². The number of ketones is 1. The minimum atomic E-state index is -2.23. The molecule has 0 amide bonds. The second kappa shape index (κ2) is 19.4. The van der Waals surface area contributed by atoms with Gasteiger partial charge in [-0.15, -0.1) is 11.3 Å². The number of rotatable bonds is 14. The highest BCUT2D eigenvalue weighted by Gasteiger charge is 2.50. The molecule has 2 aliphatic rings. The van der Waals surface area contributed by atoms with E-state index >= 15 is 0 Å². The zero-order valence-electron chi connectivity index (χ0n) is 34.2. The molecule has 0 radical (unpaired) electrons. The maximum Gasteiger partial charge on any atom is 0.309 e. The number of carbonyl (C=O) groups excluding carboxylic acids is 2. The average molecular weight is 765 g/mol. The number of hydrogen-bond donors (Lipinski definition) is 1. The fourth-order valence-electron chi connectivity index (χ4n) is 8.62. The Kier molecular flexibility index (Phi) is 16.8. The molecule has 292 valence electrons. The molecule has 0 spiro atoms. The summed E-state index contributed by atoms with van der Waals surface area (Å²) in [6.07, 6.45) is 4.45. The predicted molar refractivity (Wildman–Crippen MR) is 216 cm³/mol. The summed E-state index contributed by atoms with van der Waals surface area (Å²) in [4.78, 5) is 36.2. The lowest BCUT2D eigenvalue weighted by Gasteiger charge is -2.44. The summed E-state index contributed by atoms with van der Waals surface area (Å²) in [5, 5.41) is 13.0. The standard InChI is InChI=1S/C40H72N2O6SSi2/c1-13-50(14-2,15-3)47-36-26-37(44)46-35(29(8)24-32-27-49-31(10)41-32)25-34-33(42(34)22-23-43)21-19-20-28(7)38(30(9)39(45)40(36,11)12)48-51(16-4,17-5)18-6/h24,27-28,30,33-36,38,43H,13-23,25-26H2,1-12H3/b29-24+/t28?,30-,33-,34?,35?,36+,38+,42-/m1/s1. The number of β-amino-alcohol motifs (C(OH)–C–C–N with tert-alkyl or cyclic N) is 1. The van der Waals surface area contributed by atoms with Crippen LogP contribution in [0.2, 0.25) is 36.3 Å². The van der Waals surface area contributed by atoms with Gasteiger partial charge in [-0.3, -0.25) is 14.5 Å². The topological polar surface area (TPSA) is 98.0 Å². The third-order valence-corrected chi connectivity index (χ3v) is 23.0. The highest BCUT2D eigenvalue weighted by atomic mass is 32.1. The number of aromatic nitrogens is 1. The van der Waals surface area contributed by atoms with Gasteiger partial charge in [0.1, 0.15) is 11.9 Å². The van der Waals surface area contributed by atoms with E-state index in [4.69, 9.17) is 13.6 Å². The van der Waals surface area contributed by atoms with Crippen molar-refractivity contribution < 1.29 is 28.3 Å². The highest BCUT2D eigenvalue weighted by molar-refractivity contribution is 7.09. The van der Waals surface area contributed by atoms with E-state index in [0.717, 1.165) is 71.8 Å². The van der Waals surface area contributed by atoms with Gasteiger partial charge in [0, 0.05) is 41.8 Å². The molecule has 0 aromatic carbocycles. The zero-order valence-corrected chi connectivity index (χ0v) is 37.0. The Balaban J connectivity index is 2.11. The third-order valence-electron chi connectivity index (χ3n) is 12.9. The van der Waals surface area contributed by atoms with Crippen LogP contribution in [0.15, 0.2) is 11.0 Å². The first kappa shape index (κ1) is 44.2. The molecule has 1 N–H and O–H groups in total. The quantitative estimate of drug-likeness (QED) is 0.114. The van der Waals surface area contributed by atoms with Crippen LogP contribution < -0.4 is 0 Å². The van der Waals surface area contributed by atoms with Crippen molar-refractivity contribution in [3.05, 3.63) is 21.7 Å². The van der Waals surface area contributed by atoms with Crippen molar-refractivity contribution in [2.75, 3.05) is 13.2 Å². The van der Waals surface area contributed by atoms with E-state index in [1.54, 1.807) is 11.3 Å². The van der Waals surface area contributed by atoms with E-state index in [2.05, 4.69) is 65.3 Å². The zero-order chi connectivity index (χ0) is 38.1. The molecule has 2 fully saturated rings. The Morgan fingerprint density at radius 1 is 1.00 bits per heavy atom. The second-order valence-corrected chi connectivity index (χ2v) is 26.7. The van der Waals surface area contributed by atoms with Crippen molar-refractivity contribution >= 4 is 45.8 Å². The highest BCUT2D eigenvalue weighted by Crippen LogP contribution is 2.42. The van der Waals surface area contributed by atoms with E-state index in [-0.39, 0.29) is 48.8 Å². The molecule has 1 aromatic rings. The van der Waals surface area contributed by atoms with Gasteiger partial charge in [-0.2, -0.15) is 0 Å². The van der Waals surface area contributed by atoms with Crippen LogP contribution in [0.1, 0.15) is 119 Å².